The molecule has 0 bridgehead atoms. The van der Waals surface area contributed by atoms with E-state index >= 15 is 0 Å². The van der Waals surface area contributed by atoms with Gasteiger partial charge in [-0.1, -0.05) is 0 Å². The van der Waals surface area contributed by atoms with Gasteiger partial charge in [0.2, 0.25) is 0 Å². The van der Waals surface area contributed by atoms with Crippen LogP contribution in [-0.4, -0.2) is 11.6 Å². The molecule has 0 atom stereocenters. The largest absolute Gasteiger partial charge is 0.294 e. The Labute approximate surface area is 84.2 Å². The summed E-state index contributed by atoms with van der Waals surface area (Å²) in [4.78, 5) is 22.8. The van der Waals surface area contributed by atoms with E-state index in [1.807, 2.05) is 23.6 Å². The maximum Gasteiger partial charge on any atom is 0.171 e. The molecule has 3 heteroatoms. The van der Waals surface area contributed by atoms with E-state index in [-0.39, 0.29) is 18.0 Å². The lowest BCUT2D eigenvalue weighted by Crippen LogP contribution is -1.90. The van der Waals surface area contributed by atoms with E-state index in [2.05, 4.69) is 0 Å². The topological polar surface area (TPSA) is 34.1 Å². The summed E-state index contributed by atoms with van der Waals surface area (Å²) < 4.78 is 1.08. The maximum absolute atomic E-state index is 11.4. The van der Waals surface area contributed by atoms with E-state index in [9.17, 15) is 9.59 Å². The predicted molar refractivity (Wildman–Crippen MR) is 55.1 cm³/mol. The van der Waals surface area contributed by atoms with Crippen LogP contribution >= 0.6 is 11.3 Å². The zero-order valence-electron chi connectivity index (χ0n) is 7.24. The van der Waals surface area contributed by atoms with Crippen molar-refractivity contribution < 1.29 is 9.59 Å². The number of Topliss-reactive ketones (excluding diaryl/α,β-unsaturated/α-hetero) is 2. The first-order valence-corrected chi connectivity index (χ1v) is 5.21. The number of carbonyl (C=O) groups is 2. The zero-order chi connectivity index (χ0) is 9.71. The van der Waals surface area contributed by atoms with Crippen molar-refractivity contribution in [1.82, 2.24) is 0 Å². The van der Waals surface area contributed by atoms with Crippen molar-refractivity contribution in [2.24, 2.45) is 0 Å². The quantitative estimate of drug-likeness (QED) is 0.615. The Morgan fingerprint density at radius 1 is 1.07 bits per heavy atom. The van der Waals surface area contributed by atoms with Crippen molar-refractivity contribution in [3.63, 3.8) is 0 Å². The van der Waals surface area contributed by atoms with Crippen molar-refractivity contribution in [2.45, 2.75) is 6.42 Å². The minimum atomic E-state index is -0.0434. The second-order valence-corrected chi connectivity index (χ2v) is 4.33. The third-order valence-electron chi connectivity index (χ3n) is 2.51. The lowest BCUT2D eigenvalue weighted by molar-refractivity contribution is 0.0923. The summed E-state index contributed by atoms with van der Waals surface area (Å²) in [6, 6.07) is 5.63. The van der Waals surface area contributed by atoms with Gasteiger partial charge in [-0.3, -0.25) is 9.59 Å². The first-order valence-electron chi connectivity index (χ1n) is 4.33. The molecule has 0 fully saturated rings. The third-order valence-corrected chi connectivity index (χ3v) is 3.39. The summed E-state index contributed by atoms with van der Waals surface area (Å²) in [6.07, 6.45) is 0.0482. The summed E-state index contributed by atoms with van der Waals surface area (Å²) in [6.45, 7) is 0. The van der Waals surface area contributed by atoms with E-state index in [0.717, 1.165) is 10.1 Å². The van der Waals surface area contributed by atoms with Crippen LogP contribution in [0, 0.1) is 0 Å². The fraction of sp³-hybridized carbons (Fsp3) is 0.0909. The van der Waals surface area contributed by atoms with E-state index < -0.39 is 0 Å². The Hall–Kier alpha value is -1.48. The standard InChI is InChI=1S/C11H6O2S/c12-9-5-10(13)8-4-11-6(1-2-14-11)3-7(8)9/h1-4H,5H2. The molecule has 0 saturated carbocycles. The van der Waals surface area contributed by atoms with Crippen molar-refractivity contribution in [3.8, 4) is 0 Å². The van der Waals surface area contributed by atoms with Crippen LogP contribution in [0.4, 0.5) is 0 Å². The number of carbonyl (C=O) groups excluding carboxylic acids is 2. The summed E-state index contributed by atoms with van der Waals surface area (Å²) in [5.41, 5.74) is 1.20. The fourth-order valence-electron chi connectivity index (χ4n) is 1.81. The Balaban J connectivity index is 2.43. The Morgan fingerprint density at radius 2 is 1.79 bits per heavy atom. The van der Waals surface area contributed by atoms with E-state index in [1.165, 1.54) is 0 Å². The number of thiophene rings is 1. The summed E-state index contributed by atoms with van der Waals surface area (Å²) in [5.74, 6) is -0.0848. The first kappa shape index (κ1) is 7.88. The van der Waals surface area contributed by atoms with Gasteiger partial charge < -0.3 is 0 Å². The number of rotatable bonds is 0. The van der Waals surface area contributed by atoms with Crippen LogP contribution in [0.1, 0.15) is 27.1 Å². The lowest BCUT2D eigenvalue weighted by atomic mass is 10.1. The second-order valence-electron chi connectivity index (χ2n) is 3.38. The summed E-state index contributed by atoms with van der Waals surface area (Å²) in [5, 5.41) is 3.02. The highest BCUT2D eigenvalue weighted by Crippen LogP contribution is 2.29. The van der Waals surface area contributed by atoms with Gasteiger partial charge in [-0.05, 0) is 29.0 Å². The van der Waals surface area contributed by atoms with Gasteiger partial charge in [0.25, 0.3) is 0 Å². The van der Waals surface area contributed by atoms with Crippen molar-refractivity contribution in [3.05, 3.63) is 34.7 Å². The van der Waals surface area contributed by atoms with Crippen LogP contribution in [0.25, 0.3) is 10.1 Å². The van der Waals surface area contributed by atoms with Crippen LogP contribution in [0.3, 0.4) is 0 Å². The zero-order valence-corrected chi connectivity index (χ0v) is 8.06. The maximum atomic E-state index is 11.4. The number of hydrogen-bond acceptors (Lipinski definition) is 3. The molecule has 0 unspecified atom stereocenters. The van der Waals surface area contributed by atoms with Crippen molar-refractivity contribution in [1.29, 1.82) is 0 Å². The molecular formula is C11H6O2S. The molecular weight excluding hydrogens is 196 g/mol. The smallest absolute Gasteiger partial charge is 0.171 e. The average Bonchev–Trinajstić information content (AvgIpc) is 2.70. The summed E-state index contributed by atoms with van der Waals surface area (Å²) in [7, 11) is 0. The molecule has 1 aliphatic carbocycles. The highest BCUT2D eigenvalue weighted by molar-refractivity contribution is 7.17. The molecule has 14 heavy (non-hydrogen) atoms. The van der Waals surface area contributed by atoms with Gasteiger partial charge in [-0.15, -0.1) is 11.3 Å². The number of fused-ring (bicyclic) bond motifs is 2. The van der Waals surface area contributed by atoms with Gasteiger partial charge in [0.15, 0.2) is 11.6 Å². The summed E-state index contributed by atoms with van der Waals surface area (Å²) >= 11 is 1.59. The second kappa shape index (κ2) is 2.51. The number of ketones is 2. The van der Waals surface area contributed by atoms with Crippen LogP contribution < -0.4 is 0 Å². The van der Waals surface area contributed by atoms with Gasteiger partial charge >= 0.3 is 0 Å². The molecule has 2 nitrogen and oxygen atoms in total. The molecule has 68 valence electrons. The van der Waals surface area contributed by atoms with E-state index in [1.54, 1.807) is 11.3 Å². The van der Waals surface area contributed by atoms with Crippen LogP contribution in [0.2, 0.25) is 0 Å². The molecule has 1 aliphatic rings. The molecule has 1 aromatic heterocycles. The number of benzene rings is 1. The Bertz CT molecular complexity index is 518. The van der Waals surface area contributed by atoms with Crippen molar-refractivity contribution >= 4 is 33.0 Å². The molecule has 1 aromatic carbocycles. The van der Waals surface area contributed by atoms with Crippen LogP contribution in [-0.2, 0) is 0 Å². The van der Waals surface area contributed by atoms with Gasteiger partial charge in [-0.2, -0.15) is 0 Å². The third kappa shape index (κ3) is 0.902. The monoisotopic (exact) mass is 202 g/mol. The van der Waals surface area contributed by atoms with Crippen molar-refractivity contribution in [2.75, 3.05) is 0 Å². The predicted octanol–water partition coefficient (Wildman–Crippen LogP) is 2.67. The lowest BCUT2D eigenvalue weighted by Gasteiger charge is -1.95. The molecule has 0 N–H and O–H groups in total. The highest BCUT2D eigenvalue weighted by Gasteiger charge is 2.27. The van der Waals surface area contributed by atoms with Gasteiger partial charge in [0.1, 0.15) is 0 Å². The van der Waals surface area contributed by atoms with Gasteiger partial charge in [0.05, 0.1) is 6.42 Å². The molecule has 0 aliphatic heterocycles. The molecule has 0 spiro atoms. The normalized spacial score (nSPS) is 15.1. The fourth-order valence-corrected chi connectivity index (χ4v) is 2.62. The minimum absolute atomic E-state index is 0.0414. The molecule has 3 rings (SSSR count). The van der Waals surface area contributed by atoms with Gasteiger partial charge in [-0.25, -0.2) is 0 Å². The minimum Gasteiger partial charge on any atom is -0.294 e. The Morgan fingerprint density at radius 3 is 2.57 bits per heavy atom. The molecule has 2 aromatic rings. The number of hydrogen-bond donors (Lipinski definition) is 0. The SMILES string of the molecule is O=C1CC(=O)c2cc3sccc3cc21. The molecule has 1 heterocycles. The van der Waals surface area contributed by atoms with E-state index in [0.29, 0.717) is 11.1 Å². The molecule has 0 radical (unpaired) electrons. The highest BCUT2D eigenvalue weighted by atomic mass is 32.1. The molecule has 0 saturated heterocycles. The van der Waals surface area contributed by atoms with Crippen LogP contribution in [0.15, 0.2) is 23.6 Å². The first-order chi connectivity index (χ1) is 6.75. The van der Waals surface area contributed by atoms with Crippen LogP contribution in [0.5, 0.6) is 0 Å². The van der Waals surface area contributed by atoms with Gasteiger partial charge in [0, 0.05) is 15.8 Å². The average molecular weight is 202 g/mol. The Kier molecular flexibility index (Phi) is 1.42. The molecule has 0 amide bonds. The van der Waals surface area contributed by atoms with E-state index in [4.69, 9.17) is 0 Å².